The third-order valence-corrected chi connectivity index (χ3v) is 15.6. The summed E-state index contributed by atoms with van der Waals surface area (Å²) in [6.45, 7) is 58.7. The largest absolute Gasteiger partial charge is 0.481 e. The van der Waals surface area contributed by atoms with Gasteiger partial charge in [0.1, 0.15) is 0 Å². The summed E-state index contributed by atoms with van der Waals surface area (Å²) in [4.78, 5) is 3.55. The molecular formula is C89H121O3S3W3-3. The SMILES string of the molecule is CC.CC.CC.CC.CC.CC.CC.CC.CC.CC.CC.CC.Cc1ccc(-c2sc3ccccc3c2Oc2cc[c-]cc2)c(C)c1.Cc1cccc(C)c1-c1sc2ccccc2c1Oc1cc[c-]cc1.Cc1ccccc1-c1sc2ccccc2c1Oc1cc[c-]cc1.[W].[W].[W]. The van der Waals surface area contributed by atoms with Gasteiger partial charge in [-0.15, -0.1) is 70.4 Å². The molecule has 0 unspecified atom stereocenters. The maximum absolute atomic E-state index is 6.32. The summed E-state index contributed by atoms with van der Waals surface area (Å²) in [5.41, 5.74) is 10.1. The van der Waals surface area contributed by atoms with Crippen molar-refractivity contribution < 1.29 is 77.4 Å². The summed E-state index contributed by atoms with van der Waals surface area (Å²) < 4.78 is 22.6. The van der Waals surface area contributed by atoms with E-state index in [0.717, 1.165) is 50.7 Å². The fraction of sp³-hybridized carbons (Fsp3) is 0.326. The molecule has 0 saturated carbocycles. The zero-order valence-corrected chi connectivity index (χ0v) is 76.6. The molecule has 534 valence electrons. The molecule has 0 radical (unpaired) electrons. The summed E-state index contributed by atoms with van der Waals surface area (Å²) in [7, 11) is 0. The van der Waals surface area contributed by atoms with E-state index in [1.807, 2.05) is 239 Å². The van der Waals surface area contributed by atoms with Crippen LogP contribution in [0.3, 0.4) is 0 Å². The molecule has 12 rings (SSSR count). The van der Waals surface area contributed by atoms with Crippen LogP contribution in [0.1, 0.15) is 194 Å². The fourth-order valence-electron chi connectivity index (χ4n) is 8.63. The smallest absolute Gasteiger partial charge is 0.150 e. The Hall–Kier alpha value is -5.68. The number of benzene rings is 9. The molecule has 9 aromatic carbocycles. The van der Waals surface area contributed by atoms with Crippen molar-refractivity contribution in [3.05, 3.63) is 252 Å². The molecule has 0 aliphatic carbocycles. The van der Waals surface area contributed by atoms with Gasteiger partial charge in [-0.1, -0.05) is 269 Å². The van der Waals surface area contributed by atoms with Crippen molar-refractivity contribution >= 4 is 64.3 Å². The van der Waals surface area contributed by atoms with Gasteiger partial charge < -0.3 is 14.2 Å². The van der Waals surface area contributed by atoms with E-state index < -0.39 is 0 Å². The Bertz CT molecular complexity index is 3740. The first-order valence-corrected chi connectivity index (χ1v) is 37.9. The molecule has 98 heavy (non-hydrogen) atoms. The maximum atomic E-state index is 6.32. The summed E-state index contributed by atoms with van der Waals surface area (Å²) in [5, 5.41) is 3.47. The topological polar surface area (TPSA) is 27.7 Å². The second kappa shape index (κ2) is 65.9. The van der Waals surface area contributed by atoms with Crippen LogP contribution in [0.2, 0.25) is 0 Å². The van der Waals surface area contributed by atoms with Crippen LogP contribution in [0.25, 0.3) is 61.6 Å². The predicted molar refractivity (Wildman–Crippen MR) is 438 cm³/mol. The Morgan fingerprint density at radius 3 is 0.837 bits per heavy atom. The third kappa shape index (κ3) is 32.3. The molecule has 3 heterocycles. The number of fused-ring (bicyclic) bond motifs is 3. The van der Waals surface area contributed by atoms with Crippen LogP contribution in [0.15, 0.2) is 206 Å². The summed E-state index contributed by atoms with van der Waals surface area (Å²) in [6.07, 6.45) is 0. The van der Waals surface area contributed by atoms with Crippen LogP contribution in [0.5, 0.6) is 34.5 Å². The van der Waals surface area contributed by atoms with E-state index in [2.05, 4.69) is 186 Å². The summed E-state index contributed by atoms with van der Waals surface area (Å²) in [6, 6.07) is 78.7. The van der Waals surface area contributed by atoms with Gasteiger partial charge in [0.15, 0.2) is 17.2 Å². The van der Waals surface area contributed by atoms with E-state index in [4.69, 9.17) is 14.2 Å². The van der Waals surface area contributed by atoms with Gasteiger partial charge in [0.05, 0.1) is 14.6 Å². The van der Waals surface area contributed by atoms with Crippen molar-refractivity contribution in [1.82, 2.24) is 0 Å². The standard InChI is InChI=1S/2C22H17OS.C21H15OS.12C2H6.3W/c1-15-9-8-10-16(2)20(15)22-21(23-17-11-4-3-5-12-17)18-13-6-7-14-19(18)24-22;1-15-12-13-18(16(2)14-15)22-21(23-17-8-4-3-5-9-17)19-10-6-7-11-20(19)24-22;1-15-9-5-6-12-17(15)21-20(22-16-10-3-2-4-11-16)18-13-7-8-14-19(18)23-21;12*1-2;;;/h2*4-14H,1-2H3;3-14H,1H3;12*1-2H3;;;/q3*-1;;;;;;;;;;;;;;;. The van der Waals surface area contributed by atoms with E-state index >= 15 is 0 Å². The molecular weight excluding hydrogens is 1760 g/mol. The Balaban J connectivity index is -0.000000276. The number of hydrogen-bond acceptors (Lipinski definition) is 6. The predicted octanol–water partition coefficient (Wildman–Crippen LogP) is 32.3. The average molecular weight is 1890 g/mol. The van der Waals surface area contributed by atoms with Gasteiger partial charge in [-0.05, 0) is 104 Å². The monoisotopic (exact) mass is 1890 g/mol. The molecule has 9 heteroatoms. The zero-order chi connectivity index (χ0) is 72.7. The molecule has 0 aliphatic rings. The van der Waals surface area contributed by atoms with Crippen molar-refractivity contribution in [2.75, 3.05) is 0 Å². The fourth-order valence-corrected chi connectivity index (χ4v) is 12.4. The van der Waals surface area contributed by atoms with Crippen molar-refractivity contribution in [2.45, 2.75) is 201 Å². The Kier molecular flexibility index (Phi) is 69.5. The molecule has 12 aromatic rings. The molecule has 0 saturated heterocycles. The molecule has 3 aromatic heterocycles. The normalized spacial score (nSPS) is 8.62. The van der Waals surface area contributed by atoms with E-state index in [1.165, 1.54) is 73.2 Å². The first kappa shape index (κ1) is 103. The van der Waals surface area contributed by atoms with Gasteiger partial charge in [-0.25, -0.2) is 0 Å². The number of aryl methyl sites for hydroxylation is 5. The van der Waals surface area contributed by atoms with E-state index in [9.17, 15) is 0 Å². The minimum atomic E-state index is 0. The maximum Gasteiger partial charge on any atom is 0.150 e. The number of hydrogen-bond donors (Lipinski definition) is 0. The van der Waals surface area contributed by atoms with Gasteiger partial charge in [-0.2, -0.15) is 54.6 Å². The van der Waals surface area contributed by atoms with E-state index in [0.29, 0.717) is 0 Å². The second-order valence-corrected chi connectivity index (χ2v) is 20.3. The number of ether oxygens (including phenoxy) is 3. The van der Waals surface area contributed by atoms with Crippen LogP contribution >= 0.6 is 34.0 Å². The van der Waals surface area contributed by atoms with Crippen LogP contribution in [0, 0.1) is 52.8 Å². The van der Waals surface area contributed by atoms with E-state index in [-0.39, 0.29) is 63.2 Å². The molecule has 3 nitrogen and oxygen atoms in total. The van der Waals surface area contributed by atoms with Gasteiger partial charge >= 0.3 is 0 Å². The van der Waals surface area contributed by atoms with Crippen molar-refractivity contribution in [3.8, 4) is 65.8 Å². The second-order valence-electron chi connectivity index (χ2n) is 17.2. The van der Waals surface area contributed by atoms with Gasteiger partial charge in [0.25, 0.3) is 0 Å². The molecule has 0 aliphatic heterocycles. The van der Waals surface area contributed by atoms with Gasteiger partial charge in [0.2, 0.25) is 0 Å². The minimum absolute atomic E-state index is 0. The van der Waals surface area contributed by atoms with Crippen LogP contribution in [-0.2, 0) is 63.2 Å². The van der Waals surface area contributed by atoms with Crippen molar-refractivity contribution in [1.29, 1.82) is 0 Å². The Morgan fingerprint density at radius 1 is 0.255 bits per heavy atom. The minimum Gasteiger partial charge on any atom is -0.481 e. The number of thiophene rings is 3. The Morgan fingerprint density at radius 2 is 0.520 bits per heavy atom. The van der Waals surface area contributed by atoms with Gasteiger partial charge in [-0.3, -0.25) is 0 Å². The van der Waals surface area contributed by atoms with Crippen LogP contribution in [-0.4, -0.2) is 0 Å². The van der Waals surface area contributed by atoms with Crippen LogP contribution < -0.4 is 14.2 Å². The van der Waals surface area contributed by atoms with Gasteiger partial charge in [0, 0.05) is 116 Å². The molecule has 0 N–H and O–H groups in total. The van der Waals surface area contributed by atoms with Crippen molar-refractivity contribution in [2.24, 2.45) is 0 Å². The molecule has 0 bridgehead atoms. The first-order valence-electron chi connectivity index (χ1n) is 35.5. The third-order valence-electron chi connectivity index (χ3n) is 12.1. The average Bonchev–Trinajstić information content (AvgIpc) is 1.64. The molecule has 0 atom stereocenters. The molecule has 0 fully saturated rings. The van der Waals surface area contributed by atoms with Crippen LogP contribution in [0.4, 0.5) is 0 Å². The summed E-state index contributed by atoms with van der Waals surface area (Å²) >= 11 is 5.35. The van der Waals surface area contributed by atoms with Crippen molar-refractivity contribution in [3.63, 3.8) is 0 Å². The molecule has 0 amide bonds. The quantitative estimate of drug-likeness (QED) is 0.135. The van der Waals surface area contributed by atoms with E-state index in [1.54, 1.807) is 34.0 Å². The summed E-state index contributed by atoms with van der Waals surface area (Å²) in [5.74, 6) is 5.33. The zero-order valence-electron chi connectivity index (χ0n) is 65.3. The Labute approximate surface area is 654 Å². The first-order chi connectivity index (χ1) is 46.8. The number of rotatable bonds is 9. The molecule has 0 spiro atoms.